The first-order valence-corrected chi connectivity index (χ1v) is 8.42. The molecular weight excluding hydrogens is 306 g/mol. The number of amides is 1. The SMILES string of the molecule is CCC(CC)n1ncc(C(=O)NCCCn2cccnc2=O)c1C. The molecule has 7 nitrogen and oxygen atoms in total. The molecule has 130 valence electrons. The summed E-state index contributed by atoms with van der Waals surface area (Å²) in [7, 11) is 0. The number of hydrogen-bond acceptors (Lipinski definition) is 4. The lowest BCUT2D eigenvalue weighted by molar-refractivity contribution is 0.0952. The monoisotopic (exact) mass is 331 g/mol. The van der Waals surface area contributed by atoms with Crippen LogP contribution in [0.4, 0.5) is 0 Å². The Labute approximate surface area is 141 Å². The van der Waals surface area contributed by atoms with Crippen LogP contribution in [0, 0.1) is 6.92 Å². The Bertz CT molecular complexity index is 731. The first-order valence-electron chi connectivity index (χ1n) is 8.42. The van der Waals surface area contributed by atoms with Crippen LogP contribution in [0.5, 0.6) is 0 Å². The molecule has 0 spiro atoms. The third-order valence-electron chi connectivity index (χ3n) is 4.22. The predicted octanol–water partition coefficient (Wildman–Crippen LogP) is 1.93. The van der Waals surface area contributed by atoms with Gasteiger partial charge in [0.05, 0.1) is 17.8 Å². The van der Waals surface area contributed by atoms with Gasteiger partial charge in [0.1, 0.15) is 0 Å². The minimum absolute atomic E-state index is 0.122. The van der Waals surface area contributed by atoms with Gasteiger partial charge in [-0.25, -0.2) is 9.78 Å². The van der Waals surface area contributed by atoms with E-state index in [0.29, 0.717) is 31.1 Å². The fraction of sp³-hybridized carbons (Fsp3) is 0.529. The van der Waals surface area contributed by atoms with Crippen LogP contribution in [0.25, 0.3) is 0 Å². The van der Waals surface area contributed by atoms with E-state index in [2.05, 4.69) is 29.2 Å². The standard InChI is InChI=1S/C17H25N5O2/c1-4-14(5-2)22-13(3)15(12-20-22)16(23)18-8-6-10-21-11-7-9-19-17(21)24/h7,9,11-12,14H,4-6,8,10H2,1-3H3,(H,18,23). The maximum Gasteiger partial charge on any atom is 0.347 e. The van der Waals surface area contributed by atoms with Gasteiger partial charge in [-0.1, -0.05) is 13.8 Å². The zero-order valence-corrected chi connectivity index (χ0v) is 14.5. The van der Waals surface area contributed by atoms with Crippen LogP contribution >= 0.6 is 0 Å². The third kappa shape index (κ3) is 4.10. The van der Waals surface area contributed by atoms with Crippen molar-refractivity contribution in [2.45, 2.75) is 52.6 Å². The zero-order valence-electron chi connectivity index (χ0n) is 14.5. The van der Waals surface area contributed by atoms with Crippen LogP contribution in [-0.4, -0.2) is 31.8 Å². The van der Waals surface area contributed by atoms with E-state index in [0.717, 1.165) is 18.5 Å². The van der Waals surface area contributed by atoms with Gasteiger partial charge in [0.2, 0.25) is 0 Å². The fourth-order valence-electron chi connectivity index (χ4n) is 2.75. The van der Waals surface area contributed by atoms with Crippen LogP contribution in [0.1, 0.15) is 55.2 Å². The molecule has 1 N–H and O–H groups in total. The lowest BCUT2D eigenvalue weighted by Crippen LogP contribution is -2.28. The number of carbonyl (C=O) groups excluding carboxylic acids is 1. The van der Waals surface area contributed by atoms with Gasteiger partial charge in [-0.3, -0.25) is 14.0 Å². The molecule has 2 aromatic heterocycles. The largest absolute Gasteiger partial charge is 0.352 e. The Morgan fingerprint density at radius 2 is 2.08 bits per heavy atom. The first-order chi connectivity index (χ1) is 11.6. The molecule has 0 bridgehead atoms. The van der Waals surface area contributed by atoms with E-state index in [9.17, 15) is 9.59 Å². The lowest BCUT2D eigenvalue weighted by Gasteiger charge is -2.15. The number of nitrogens with one attached hydrogen (secondary N) is 1. The van der Waals surface area contributed by atoms with Crippen molar-refractivity contribution in [1.29, 1.82) is 0 Å². The van der Waals surface area contributed by atoms with Crippen LogP contribution in [0.3, 0.4) is 0 Å². The van der Waals surface area contributed by atoms with Crippen molar-refractivity contribution in [3.05, 3.63) is 46.4 Å². The third-order valence-corrected chi connectivity index (χ3v) is 4.22. The van der Waals surface area contributed by atoms with Gasteiger partial charge in [0.15, 0.2) is 0 Å². The van der Waals surface area contributed by atoms with Crippen molar-refractivity contribution < 1.29 is 4.79 Å². The van der Waals surface area contributed by atoms with E-state index in [4.69, 9.17) is 0 Å². The second-order valence-electron chi connectivity index (χ2n) is 5.76. The van der Waals surface area contributed by atoms with Crippen molar-refractivity contribution in [3.63, 3.8) is 0 Å². The van der Waals surface area contributed by atoms with Crippen molar-refractivity contribution in [1.82, 2.24) is 24.6 Å². The normalized spacial score (nSPS) is 11.0. The molecule has 0 unspecified atom stereocenters. The molecule has 2 rings (SSSR count). The number of nitrogens with zero attached hydrogens (tertiary/aromatic N) is 4. The molecule has 0 aliphatic heterocycles. The van der Waals surface area contributed by atoms with Crippen LogP contribution in [-0.2, 0) is 6.54 Å². The molecule has 0 aliphatic carbocycles. The second kappa shape index (κ2) is 8.42. The summed E-state index contributed by atoms with van der Waals surface area (Å²) in [6.07, 6.45) is 7.44. The molecule has 0 saturated heterocycles. The molecule has 0 fully saturated rings. The van der Waals surface area contributed by atoms with Gasteiger partial charge in [-0.05, 0) is 32.3 Å². The summed E-state index contributed by atoms with van der Waals surface area (Å²) in [6, 6.07) is 2.04. The van der Waals surface area contributed by atoms with E-state index >= 15 is 0 Å². The number of rotatable bonds is 8. The van der Waals surface area contributed by atoms with Crippen molar-refractivity contribution >= 4 is 5.91 Å². The lowest BCUT2D eigenvalue weighted by atomic mass is 10.1. The fourth-order valence-corrected chi connectivity index (χ4v) is 2.75. The molecule has 1 amide bonds. The molecule has 7 heteroatoms. The highest BCUT2D eigenvalue weighted by atomic mass is 16.2. The molecule has 0 atom stereocenters. The highest BCUT2D eigenvalue weighted by Crippen LogP contribution is 2.19. The van der Waals surface area contributed by atoms with Gasteiger partial charge in [-0.15, -0.1) is 0 Å². The smallest absolute Gasteiger partial charge is 0.347 e. The summed E-state index contributed by atoms with van der Waals surface area (Å²) in [5, 5.41) is 7.26. The predicted molar refractivity (Wildman–Crippen MR) is 92.0 cm³/mol. The van der Waals surface area contributed by atoms with Gasteiger partial charge in [-0.2, -0.15) is 5.10 Å². The average molecular weight is 331 g/mol. The molecule has 2 heterocycles. The van der Waals surface area contributed by atoms with Gasteiger partial charge in [0, 0.05) is 31.2 Å². The molecule has 0 aliphatic rings. The quantitative estimate of drug-likeness (QED) is 0.749. The summed E-state index contributed by atoms with van der Waals surface area (Å²) in [5.41, 5.74) is 1.23. The molecule has 24 heavy (non-hydrogen) atoms. The average Bonchev–Trinajstić information content (AvgIpc) is 2.96. The van der Waals surface area contributed by atoms with Crippen molar-refractivity contribution in [3.8, 4) is 0 Å². The Morgan fingerprint density at radius 1 is 1.33 bits per heavy atom. The number of carbonyl (C=O) groups is 1. The number of aromatic nitrogens is 4. The summed E-state index contributed by atoms with van der Waals surface area (Å²) < 4.78 is 3.46. The van der Waals surface area contributed by atoms with Crippen molar-refractivity contribution in [2.75, 3.05) is 6.54 Å². The number of hydrogen-bond donors (Lipinski definition) is 1. The zero-order chi connectivity index (χ0) is 17.5. The van der Waals surface area contributed by atoms with Gasteiger partial charge in [0.25, 0.3) is 5.91 Å². The first kappa shape index (κ1) is 17.9. The van der Waals surface area contributed by atoms with E-state index < -0.39 is 0 Å². The van der Waals surface area contributed by atoms with Crippen LogP contribution in [0.2, 0.25) is 0 Å². The van der Waals surface area contributed by atoms with E-state index in [-0.39, 0.29) is 11.6 Å². The molecule has 2 aromatic rings. The molecule has 0 saturated carbocycles. The summed E-state index contributed by atoms with van der Waals surface area (Å²) in [5.74, 6) is -0.122. The van der Waals surface area contributed by atoms with Crippen molar-refractivity contribution in [2.24, 2.45) is 0 Å². The maximum absolute atomic E-state index is 12.3. The maximum atomic E-state index is 12.3. The minimum atomic E-state index is -0.272. The Balaban J connectivity index is 1.89. The highest BCUT2D eigenvalue weighted by Gasteiger charge is 2.17. The Morgan fingerprint density at radius 3 is 2.75 bits per heavy atom. The summed E-state index contributed by atoms with van der Waals surface area (Å²) >= 11 is 0. The highest BCUT2D eigenvalue weighted by molar-refractivity contribution is 5.95. The van der Waals surface area contributed by atoms with E-state index in [1.165, 1.54) is 10.8 Å². The topological polar surface area (TPSA) is 81.8 Å². The van der Waals surface area contributed by atoms with E-state index in [1.807, 2.05) is 11.6 Å². The molecule has 0 radical (unpaired) electrons. The molecular formula is C17H25N5O2. The minimum Gasteiger partial charge on any atom is -0.352 e. The van der Waals surface area contributed by atoms with Gasteiger partial charge >= 0.3 is 5.69 Å². The van der Waals surface area contributed by atoms with E-state index in [1.54, 1.807) is 18.5 Å². The Hall–Kier alpha value is -2.44. The second-order valence-corrected chi connectivity index (χ2v) is 5.76. The summed E-state index contributed by atoms with van der Waals surface area (Å²) in [6.45, 7) is 7.19. The van der Waals surface area contributed by atoms with Gasteiger partial charge < -0.3 is 5.32 Å². The number of aryl methyl sites for hydroxylation is 1. The molecule has 0 aromatic carbocycles. The van der Waals surface area contributed by atoms with Crippen LogP contribution in [0.15, 0.2) is 29.5 Å². The van der Waals surface area contributed by atoms with Crippen LogP contribution < -0.4 is 11.0 Å². The Kier molecular flexibility index (Phi) is 6.28. The summed E-state index contributed by atoms with van der Waals surface area (Å²) in [4.78, 5) is 27.5.